The molecule has 0 unspecified atom stereocenters. The molecule has 0 aliphatic carbocycles. The third kappa shape index (κ3) is 4.13. The first-order valence-electron chi connectivity index (χ1n) is 9.52. The van der Waals surface area contributed by atoms with E-state index < -0.39 is 0 Å². The second kappa shape index (κ2) is 8.62. The van der Waals surface area contributed by atoms with Gasteiger partial charge in [-0.1, -0.05) is 29.8 Å². The number of anilines is 1. The van der Waals surface area contributed by atoms with E-state index in [0.29, 0.717) is 28.9 Å². The van der Waals surface area contributed by atoms with E-state index in [-0.39, 0.29) is 16.4 Å². The van der Waals surface area contributed by atoms with Crippen molar-refractivity contribution >= 4 is 35.1 Å². The number of ether oxygens (including phenoxy) is 2. The highest BCUT2D eigenvalue weighted by Gasteiger charge is 2.32. The first-order valence-corrected chi connectivity index (χ1v) is 10.8. The number of methoxy groups -OCH3 is 1. The van der Waals surface area contributed by atoms with Gasteiger partial charge in [-0.3, -0.25) is 9.89 Å². The molecule has 0 fully saturated rings. The fraction of sp³-hybridized carbons (Fsp3) is 0.273. The fourth-order valence-electron chi connectivity index (χ4n) is 3.36. The highest BCUT2D eigenvalue weighted by molar-refractivity contribution is 8.01. The van der Waals surface area contributed by atoms with Gasteiger partial charge in [-0.15, -0.1) is 11.8 Å². The van der Waals surface area contributed by atoms with Crippen LogP contribution in [0.15, 0.2) is 42.5 Å². The zero-order chi connectivity index (χ0) is 21.3. The number of nitrogens with one attached hydrogen (secondary N) is 2. The second-order valence-electron chi connectivity index (χ2n) is 7.08. The van der Waals surface area contributed by atoms with E-state index in [2.05, 4.69) is 15.5 Å². The monoisotopic (exact) mass is 443 g/mol. The zero-order valence-electron chi connectivity index (χ0n) is 16.9. The van der Waals surface area contributed by atoms with Gasteiger partial charge in [0.15, 0.2) is 17.3 Å². The minimum Gasteiger partial charge on any atom is -0.493 e. The van der Waals surface area contributed by atoms with Crippen molar-refractivity contribution in [3.05, 3.63) is 69.9 Å². The molecule has 0 saturated heterocycles. The molecular formula is C22H22ClN3O3S. The van der Waals surface area contributed by atoms with Crippen LogP contribution >= 0.6 is 23.4 Å². The first-order chi connectivity index (χ1) is 14.5. The highest BCUT2D eigenvalue weighted by Crippen LogP contribution is 2.46. The molecule has 1 aliphatic heterocycles. The second-order valence-corrected chi connectivity index (χ2v) is 8.97. The number of nitrogens with zero attached hydrogens (tertiary/aromatic N) is 1. The molecule has 2 aromatic carbocycles. The standard InChI is InChI=1S/C22H22ClN3O3S/c1-12-19-20(30-13(2)22(27)24-21(19)26-25-12)15-6-9-17(18(10-15)28-3)29-11-14-4-7-16(23)8-5-14/h4-10,13,20H,11H2,1-3H3,(H2,24,25,26,27)/t13-,20+/m1/s1. The normalized spacial score (nSPS) is 18.3. The van der Waals surface area contributed by atoms with Crippen molar-refractivity contribution < 1.29 is 14.3 Å². The molecule has 156 valence electrons. The van der Waals surface area contributed by atoms with Crippen LogP contribution in [0, 0.1) is 6.92 Å². The first kappa shape index (κ1) is 20.6. The predicted octanol–water partition coefficient (Wildman–Crippen LogP) is 5.12. The average Bonchev–Trinajstić information content (AvgIpc) is 3.04. The lowest BCUT2D eigenvalue weighted by Crippen LogP contribution is -2.21. The summed E-state index contributed by atoms with van der Waals surface area (Å²) in [5.41, 5.74) is 3.94. The number of H-pyrrole nitrogens is 1. The summed E-state index contributed by atoms with van der Waals surface area (Å²) in [6.07, 6.45) is 0. The summed E-state index contributed by atoms with van der Waals surface area (Å²) in [6, 6.07) is 13.4. The number of rotatable bonds is 5. The van der Waals surface area contributed by atoms with Crippen LogP contribution in [0.2, 0.25) is 5.02 Å². The molecule has 4 rings (SSSR count). The molecule has 1 amide bonds. The van der Waals surface area contributed by atoms with Gasteiger partial charge < -0.3 is 14.8 Å². The third-order valence-electron chi connectivity index (χ3n) is 5.01. The predicted molar refractivity (Wildman–Crippen MR) is 120 cm³/mol. The van der Waals surface area contributed by atoms with Gasteiger partial charge in [-0.05, 0) is 49.2 Å². The molecule has 0 radical (unpaired) electrons. The topological polar surface area (TPSA) is 76.2 Å². The summed E-state index contributed by atoms with van der Waals surface area (Å²) in [7, 11) is 1.62. The van der Waals surface area contributed by atoms with E-state index in [1.165, 1.54) is 0 Å². The van der Waals surface area contributed by atoms with Crippen molar-refractivity contribution in [1.82, 2.24) is 10.2 Å². The van der Waals surface area contributed by atoms with Crippen molar-refractivity contribution in [1.29, 1.82) is 0 Å². The van der Waals surface area contributed by atoms with Gasteiger partial charge in [0.05, 0.1) is 17.6 Å². The number of hydrogen-bond acceptors (Lipinski definition) is 5. The van der Waals surface area contributed by atoms with Gasteiger partial charge in [-0.2, -0.15) is 5.10 Å². The molecular weight excluding hydrogens is 422 g/mol. The smallest absolute Gasteiger partial charge is 0.238 e. The number of halogens is 1. The molecule has 2 atom stereocenters. The maximum absolute atomic E-state index is 12.3. The lowest BCUT2D eigenvalue weighted by Gasteiger charge is -2.19. The Labute approximate surface area is 184 Å². The van der Waals surface area contributed by atoms with Crippen molar-refractivity contribution in [2.24, 2.45) is 0 Å². The van der Waals surface area contributed by atoms with E-state index in [1.807, 2.05) is 56.3 Å². The largest absolute Gasteiger partial charge is 0.493 e. The average molecular weight is 444 g/mol. The molecule has 1 aliphatic rings. The van der Waals surface area contributed by atoms with Crippen molar-refractivity contribution in [3.63, 3.8) is 0 Å². The van der Waals surface area contributed by atoms with Gasteiger partial charge >= 0.3 is 0 Å². The van der Waals surface area contributed by atoms with Crippen LogP contribution in [0.1, 0.15) is 34.6 Å². The van der Waals surface area contributed by atoms with Gasteiger partial charge in [-0.25, -0.2) is 0 Å². The Morgan fingerprint density at radius 1 is 1.17 bits per heavy atom. The number of benzene rings is 2. The number of aromatic nitrogens is 2. The van der Waals surface area contributed by atoms with Gasteiger partial charge in [0, 0.05) is 16.3 Å². The number of hydrogen-bond donors (Lipinski definition) is 2. The number of carbonyl (C=O) groups is 1. The number of carbonyl (C=O) groups excluding carboxylic acids is 1. The Bertz CT molecular complexity index is 1070. The number of fused-ring (bicyclic) bond motifs is 1. The van der Waals surface area contributed by atoms with Crippen LogP contribution in [0.25, 0.3) is 0 Å². The maximum atomic E-state index is 12.3. The van der Waals surface area contributed by atoms with E-state index in [0.717, 1.165) is 22.4 Å². The Kier molecular flexibility index (Phi) is 5.92. The van der Waals surface area contributed by atoms with E-state index in [4.69, 9.17) is 21.1 Å². The summed E-state index contributed by atoms with van der Waals surface area (Å²) in [5.74, 6) is 1.83. The molecule has 8 heteroatoms. The van der Waals surface area contributed by atoms with Crippen molar-refractivity contribution in [2.75, 3.05) is 12.4 Å². The lowest BCUT2D eigenvalue weighted by molar-refractivity contribution is -0.115. The number of amides is 1. The summed E-state index contributed by atoms with van der Waals surface area (Å²) in [6.45, 7) is 4.27. The van der Waals surface area contributed by atoms with Crippen LogP contribution in [0.4, 0.5) is 5.82 Å². The molecule has 2 N–H and O–H groups in total. The quantitative estimate of drug-likeness (QED) is 0.572. The zero-order valence-corrected chi connectivity index (χ0v) is 18.4. The number of aromatic amines is 1. The maximum Gasteiger partial charge on any atom is 0.238 e. The van der Waals surface area contributed by atoms with Crippen LogP contribution in [0.5, 0.6) is 11.5 Å². The van der Waals surface area contributed by atoms with Crippen LogP contribution in [0.3, 0.4) is 0 Å². The minimum atomic E-state index is -0.213. The summed E-state index contributed by atoms with van der Waals surface area (Å²) in [4.78, 5) is 12.3. The summed E-state index contributed by atoms with van der Waals surface area (Å²) in [5, 5.41) is 10.6. The molecule has 3 aromatic rings. The molecule has 0 saturated carbocycles. The number of aryl methyl sites for hydroxylation is 1. The summed E-state index contributed by atoms with van der Waals surface area (Å²) < 4.78 is 11.6. The van der Waals surface area contributed by atoms with Gasteiger partial charge in [0.1, 0.15) is 6.61 Å². The molecule has 30 heavy (non-hydrogen) atoms. The Hall–Kier alpha value is -2.64. The molecule has 0 bridgehead atoms. The third-order valence-corrected chi connectivity index (χ3v) is 6.66. The highest BCUT2D eigenvalue weighted by atomic mass is 35.5. The molecule has 1 aromatic heterocycles. The fourth-order valence-corrected chi connectivity index (χ4v) is 4.80. The lowest BCUT2D eigenvalue weighted by atomic mass is 10.0. The van der Waals surface area contributed by atoms with Crippen LogP contribution in [-0.4, -0.2) is 28.5 Å². The molecule has 6 nitrogen and oxygen atoms in total. The minimum absolute atomic E-state index is 0.0508. The SMILES string of the molecule is COc1cc([C@@H]2S[C@H](C)C(=O)Nc3n[nH]c(C)c32)ccc1OCc1ccc(Cl)cc1. The van der Waals surface area contributed by atoms with Crippen LogP contribution < -0.4 is 14.8 Å². The van der Waals surface area contributed by atoms with Gasteiger partial charge in [0.25, 0.3) is 0 Å². The Morgan fingerprint density at radius 2 is 1.93 bits per heavy atom. The Morgan fingerprint density at radius 3 is 2.67 bits per heavy atom. The van der Waals surface area contributed by atoms with Gasteiger partial charge in [0.2, 0.25) is 5.91 Å². The summed E-state index contributed by atoms with van der Waals surface area (Å²) >= 11 is 7.53. The van der Waals surface area contributed by atoms with E-state index in [1.54, 1.807) is 18.9 Å². The molecule has 2 heterocycles. The van der Waals surface area contributed by atoms with Crippen molar-refractivity contribution in [3.8, 4) is 11.5 Å². The Balaban J connectivity index is 1.62. The van der Waals surface area contributed by atoms with Crippen LogP contribution in [-0.2, 0) is 11.4 Å². The molecule has 0 spiro atoms. The van der Waals surface area contributed by atoms with E-state index >= 15 is 0 Å². The number of thioether (sulfide) groups is 1. The van der Waals surface area contributed by atoms with Crippen molar-refractivity contribution in [2.45, 2.75) is 31.0 Å². The van der Waals surface area contributed by atoms with E-state index in [9.17, 15) is 4.79 Å².